The van der Waals surface area contributed by atoms with Gasteiger partial charge in [0.1, 0.15) is 5.75 Å². The molecule has 1 aromatic carbocycles. The molecular formula is C16H23N3O. The number of aromatic nitrogens is 2. The fourth-order valence-electron chi connectivity index (χ4n) is 2.05. The quantitative estimate of drug-likeness (QED) is 0.797. The summed E-state index contributed by atoms with van der Waals surface area (Å²) in [6, 6.07) is 8.09. The van der Waals surface area contributed by atoms with E-state index in [9.17, 15) is 0 Å². The minimum absolute atomic E-state index is 0.757. The monoisotopic (exact) mass is 273 g/mol. The first-order valence-electron chi connectivity index (χ1n) is 7.29. The second-order valence-electron chi connectivity index (χ2n) is 4.81. The third-order valence-electron chi connectivity index (χ3n) is 3.04. The number of nitrogens with zero attached hydrogens (tertiary/aromatic N) is 2. The molecule has 0 saturated carbocycles. The van der Waals surface area contributed by atoms with Crippen molar-refractivity contribution < 1.29 is 4.74 Å². The topological polar surface area (TPSA) is 39.1 Å². The summed E-state index contributed by atoms with van der Waals surface area (Å²) < 4.78 is 7.82. The van der Waals surface area contributed by atoms with Crippen LogP contribution in [0, 0.1) is 0 Å². The highest BCUT2D eigenvalue weighted by Crippen LogP contribution is 2.18. The van der Waals surface area contributed by atoms with E-state index in [2.05, 4.69) is 34.8 Å². The van der Waals surface area contributed by atoms with E-state index in [0.29, 0.717) is 0 Å². The van der Waals surface area contributed by atoms with Gasteiger partial charge in [0.15, 0.2) is 0 Å². The molecule has 0 saturated heterocycles. The molecule has 1 aromatic heterocycles. The van der Waals surface area contributed by atoms with Gasteiger partial charge in [0, 0.05) is 24.5 Å². The smallest absolute Gasteiger partial charge is 0.121 e. The average Bonchev–Trinajstić information content (AvgIpc) is 2.91. The van der Waals surface area contributed by atoms with Gasteiger partial charge in [-0.15, -0.1) is 0 Å². The van der Waals surface area contributed by atoms with Gasteiger partial charge in [0.25, 0.3) is 0 Å². The highest BCUT2D eigenvalue weighted by atomic mass is 16.5. The number of ether oxygens (including phenoxy) is 1. The SMILES string of the molecule is CCCOc1cccc(NCc2cncn2CCC)c1. The van der Waals surface area contributed by atoms with Crippen LogP contribution in [-0.4, -0.2) is 16.2 Å². The van der Waals surface area contributed by atoms with Crippen molar-refractivity contribution >= 4 is 5.69 Å². The van der Waals surface area contributed by atoms with Crippen molar-refractivity contribution in [2.45, 2.75) is 39.8 Å². The van der Waals surface area contributed by atoms with E-state index in [0.717, 1.165) is 44.0 Å². The predicted octanol–water partition coefficient (Wildman–Crippen LogP) is 3.69. The first-order valence-corrected chi connectivity index (χ1v) is 7.29. The molecule has 2 aromatic rings. The van der Waals surface area contributed by atoms with Gasteiger partial charge < -0.3 is 14.6 Å². The van der Waals surface area contributed by atoms with E-state index >= 15 is 0 Å². The fraction of sp³-hybridized carbons (Fsp3) is 0.438. The third kappa shape index (κ3) is 4.02. The summed E-state index contributed by atoms with van der Waals surface area (Å²) in [4.78, 5) is 4.21. The molecule has 0 radical (unpaired) electrons. The summed E-state index contributed by atoms with van der Waals surface area (Å²) in [5, 5.41) is 3.42. The Labute approximate surface area is 120 Å². The number of anilines is 1. The molecule has 1 N–H and O–H groups in total. The molecule has 0 aliphatic carbocycles. The summed E-state index contributed by atoms with van der Waals surface area (Å²) in [5.41, 5.74) is 2.27. The van der Waals surface area contributed by atoms with Gasteiger partial charge in [0.2, 0.25) is 0 Å². The van der Waals surface area contributed by atoms with Gasteiger partial charge in [-0.25, -0.2) is 4.98 Å². The number of nitrogens with one attached hydrogen (secondary N) is 1. The Morgan fingerprint density at radius 1 is 1.25 bits per heavy atom. The summed E-state index contributed by atoms with van der Waals surface area (Å²) in [7, 11) is 0. The van der Waals surface area contributed by atoms with Crippen LogP contribution in [0.2, 0.25) is 0 Å². The second-order valence-corrected chi connectivity index (χ2v) is 4.81. The van der Waals surface area contributed by atoms with Crippen LogP contribution in [0.25, 0.3) is 0 Å². The maximum atomic E-state index is 5.64. The summed E-state index contributed by atoms with van der Waals surface area (Å²) >= 11 is 0. The van der Waals surface area contributed by atoms with Crippen molar-refractivity contribution in [1.82, 2.24) is 9.55 Å². The van der Waals surface area contributed by atoms with Gasteiger partial charge in [-0.1, -0.05) is 19.9 Å². The zero-order valence-corrected chi connectivity index (χ0v) is 12.3. The second kappa shape index (κ2) is 7.58. The molecule has 0 fully saturated rings. The Morgan fingerprint density at radius 3 is 2.95 bits per heavy atom. The normalized spacial score (nSPS) is 10.5. The van der Waals surface area contributed by atoms with Crippen LogP contribution >= 0.6 is 0 Å². The first-order chi connectivity index (χ1) is 9.83. The molecule has 108 valence electrons. The van der Waals surface area contributed by atoms with E-state index in [4.69, 9.17) is 4.74 Å². The first kappa shape index (κ1) is 14.4. The van der Waals surface area contributed by atoms with Crippen LogP contribution < -0.4 is 10.1 Å². The van der Waals surface area contributed by atoms with Crippen molar-refractivity contribution in [2.75, 3.05) is 11.9 Å². The molecule has 2 rings (SSSR count). The van der Waals surface area contributed by atoms with Crippen LogP contribution in [-0.2, 0) is 13.1 Å². The van der Waals surface area contributed by atoms with Crippen molar-refractivity contribution in [2.24, 2.45) is 0 Å². The Balaban J connectivity index is 1.94. The number of hydrogen-bond donors (Lipinski definition) is 1. The maximum Gasteiger partial charge on any atom is 0.121 e. The standard InChI is InChI=1S/C16H23N3O/c1-3-8-19-13-17-11-15(19)12-18-14-6-5-7-16(10-14)20-9-4-2/h5-7,10-11,13,18H,3-4,8-9,12H2,1-2H3. The van der Waals surface area contributed by atoms with Gasteiger partial charge in [-0.3, -0.25) is 0 Å². The third-order valence-corrected chi connectivity index (χ3v) is 3.04. The van der Waals surface area contributed by atoms with Gasteiger partial charge >= 0.3 is 0 Å². The van der Waals surface area contributed by atoms with Crippen molar-refractivity contribution in [3.05, 3.63) is 42.5 Å². The highest BCUT2D eigenvalue weighted by Gasteiger charge is 2.02. The lowest BCUT2D eigenvalue weighted by Crippen LogP contribution is -2.07. The minimum Gasteiger partial charge on any atom is -0.494 e. The van der Waals surface area contributed by atoms with E-state index in [1.807, 2.05) is 30.7 Å². The Morgan fingerprint density at radius 2 is 2.15 bits per heavy atom. The predicted molar refractivity (Wildman–Crippen MR) is 82.1 cm³/mol. The van der Waals surface area contributed by atoms with Crippen LogP contribution in [0.3, 0.4) is 0 Å². The van der Waals surface area contributed by atoms with Crippen LogP contribution in [0.15, 0.2) is 36.8 Å². The molecule has 0 aliphatic heterocycles. The van der Waals surface area contributed by atoms with Gasteiger partial charge in [0.05, 0.1) is 25.2 Å². The molecule has 0 aliphatic rings. The zero-order valence-electron chi connectivity index (χ0n) is 12.3. The lowest BCUT2D eigenvalue weighted by Gasteiger charge is -2.11. The highest BCUT2D eigenvalue weighted by molar-refractivity contribution is 5.48. The molecule has 0 bridgehead atoms. The summed E-state index contributed by atoms with van der Waals surface area (Å²) in [6.45, 7) is 6.82. The molecule has 4 heteroatoms. The van der Waals surface area contributed by atoms with Crippen molar-refractivity contribution in [1.29, 1.82) is 0 Å². The minimum atomic E-state index is 0.757. The zero-order chi connectivity index (χ0) is 14.2. The molecule has 0 spiro atoms. The fourth-order valence-corrected chi connectivity index (χ4v) is 2.05. The van der Waals surface area contributed by atoms with Crippen LogP contribution in [0.4, 0.5) is 5.69 Å². The summed E-state index contributed by atoms with van der Waals surface area (Å²) in [6.07, 6.45) is 5.94. The van der Waals surface area contributed by atoms with Crippen molar-refractivity contribution in [3.63, 3.8) is 0 Å². The molecule has 0 amide bonds. The molecule has 1 heterocycles. The number of hydrogen-bond acceptors (Lipinski definition) is 3. The number of rotatable bonds is 8. The average molecular weight is 273 g/mol. The molecule has 0 unspecified atom stereocenters. The van der Waals surface area contributed by atoms with E-state index < -0.39 is 0 Å². The number of aryl methyl sites for hydroxylation is 1. The van der Waals surface area contributed by atoms with Crippen LogP contribution in [0.1, 0.15) is 32.4 Å². The Bertz CT molecular complexity index is 522. The maximum absolute atomic E-state index is 5.64. The summed E-state index contributed by atoms with van der Waals surface area (Å²) in [5.74, 6) is 0.916. The van der Waals surface area contributed by atoms with E-state index in [-0.39, 0.29) is 0 Å². The van der Waals surface area contributed by atoms with E-state index in [1.165, 1.54) is 5.69 Å². The van der Waals surface area contributed by atoms with E-state index in [1.54, 1.807) is 0 Å². The molecule has 20 heavy (non-hydrogen) atoms. The van der Waals surface area contributed by atoms with Gasteiger partial charge in [-0.2, -0.15) is 0 Å². The lowest BCUT2D eigenvalue weighted by atomic mass is 10.3. The Hall–Kier alpha value is -1.97. The lowest BCUT2D eigenvalue weighted by molar-refractivity contribution is 0.317. The molecular weight excluding hydrogens is 250 g/mol. The molecule has 4 nitrogen and oxygen atoms in total. The van der Waals surface area contributed by atoms with Gasteiger partial charge in [-0.05, 0) is 25.0 Å². The molecule has 0 atom stereocenters. The largest absolute Gasteiger partial charge is 0.494 e. The van der Waals surface area contributed by atoms with Crippen molar-refractivity contribution in [3.8, 4) is 5.75 Å². The Kier molecular flexibility index (Phi) is 5.47. The number of benzene rings is 1. The number of imidazole rings is 1. The van der Waals surface area contributed by atoms with Crippen LogP contribution in [0.5, 0.6) is 5.75 Å².